The lowest BCUT2D eigenvalue weighted by molar-refractivity contribution is -0.150. The summed E-state index contributed by atoms with van der Waals surface area (Å²) >= 11 is 0. The molecule has 1 atom stereocenters. The monoisotopic (exact) mass is 255 g/mol. The lowest BCUT2D eigenvalue weighted by atomic mass is 9.97. The fraction of sp³-hybridized carbons (Fsp3) is 0.692. The van der Waals surface area contributed by atoms with Crippen LogP contribution in [-0.2, 0) is 14.3 Å². The second-order valence-corrected chi connectivity index (χ2v) is 5.36. The number of ether oxygens (including phenoxy) is 2. The van der Waals surface area contributed by atoms with Gasteiger partial charge in [-0.15, -0.1) is 6.58 Å². The van der Waals surface area contributed by atoms with Gasteiger partial charge >= 0.3 is 12.1 Å². The standard InChI is InChI=1S/C13H21NO4/c1-6-13(10(15)17-5)8-7-9-14(13)11(16)18-12(2,3)4/h6H,1,7-9H2,2-5H3. The number of carbonyl (C=O) groups is 2. The Bertz CT molecular complexity index is 358. The van der Waals surface area contributed by atoms with Gasteiger partial charge in [0.2, 0.25) is 0 Å². The average Bonchev–Trinajstić information content (AvgIpc) is 2.70. The van der Waals surface area contributed by atoms with Gasteiger partial charge in [0, 0.05) is 6.54 Å². The third-order valence-electron chi connectivity index (χ3n) is 2.91. The quantitative estimate of drug-likeness (QED) is 0.560. The van der Waals surface area contributed by atoms with Gasteiger partial charge in [0.25, 0.3) is 0 Å². The van der Waals surface area contributed by atoms with Gasteiger partial charge in [0.05, 0.1) is 7.11 Å². The van der Waals surface area contributed by atoms with Crippen LogP contribution in [0.5, 0.6) is 0 Å². The molecule has 102 valence electrons. The Morgan fingerprint density at radius 1 is 1.39 bits per heavy atom. The van der Waals surface area contributed by atoms with Crippen LogP contribution in [0.25, 0.3) is 0 Å². The molecule has 1 fully saturated rings. The number of nitrogens with zero attached hydrogens (tertiary/aromatic N) is 1. The molecule has 0 radical (unpaired) electrons. The van der Waals surface area contributed by atoms with Crippen LogP contribution in [-0.4, -0.2) is 41.8 Å². The minimum absolute atomic E-state index is 0.468. The first-order valence-electron chi connectivity index (χ1n) is 5.99. The van der Waals surface area contributed by atoms with Crippen LogP contribution in [0.15, 0.2) is 12.7 Å². The lowest BCUT2D eigenvalue weighted by Crippen LogP contribution is -2.53. The fourth-order valence-corrected chi connectivity index (χ4v) is 2.10. The van der Waals surface area contributed by atoms with Gasteiger partial charge in [-0.25, -0.2) is 9.59 Å². The van der Waals surface area contributed by atoms with Crippen molar-refractivity contribution >= 4 is 12.1 Å². The maximum Gasteiger partial charge on any atom is 0.411 e. The summed E-state index contributed by atoms with van der Waals surface area (Å²) in [5.74, 6) is -0.471. The second-order valence-electron chi connectivity index (χ2n) is 5.36. The number of likely N-dealkylation sites (tertiary alicyclic amines) is 1. The zero-order valence-corrected chi connectivity index (χ0v) is 11.5. The normalized spacial score (nSPS) is 23.7. The minimum Gasteiger partial charge on any atom is -0.467 e. The molecule has 1 rings (SSSR count). The summed E-state index contributed by atoms with van der Waals surface area (Å²) in [6.45, 7) is 9.49. The van der Waals surface area contributed by atoms with Crippen molar-refractivity contribution in [3.8, 4) is 0 Å². The zero-order chi connectivity index (χ0) is 14.0. The second kappa shape index (κ2) is 5.00. The molecule has 0 spiro atoms. The van der Waals surface area contributed by atoms with Crippen molar-refractivity contribution < 1.29 is 19.1 Å². The van der Waals surface area contributed by atoms with Crippen molar-refractivity contribution in [2.24, 2.45) is 0 Å². The number of esters is 1. The number of carbonyl (C=O) groups excluding carboxylic acids is 2. The minimum atomic E-state index is -1.09. The van der Waals surface area contributed by atoms with E-state index in [4.69, 9.17) is 9.47 Å². The third-order valence-corrected chi connectivity index (χ3v) is 2.91. The highest BCUT2D eigenvalue weighted by molar-refractivity contribution is 5.88. The number of hydrogen-bond donors (Lipinski definition) is 0. The SMILES string of the molecule is C=CC1(C(=O)OC)CCCN1C(=O)OC(C)(C)C. The molecule has 0 aromatic heterocycles. The van der Waals surface area contributed by atoms with Crippen LogP contribution in [0.3, 0.4) is 0 Å². The predicted molar refractivity (Wildman–Crippen MR) is 67.1 cm³/mol. The van der Waals surface area contributed by atoms with E-state index in [1.54, 1.807) is 20.8 Å². The lowest BCUT2D eigenvalue weighted by Gasteiger charge is -2.34. The van der Waals surface area contributed by atoms with E-state index in [1.165, 1.54) is 18.1 Å². The predicted octanol–water partition coefficient (Wildman–Crippen LogP) is 2.12. The van der Waals surface area contributed by atoms with Crippen molar-refractivity contribution in [1.29, 1.82) is 0 Å². The first-order chi connectivity index (χ1) is 8.27. The molecule has 1 aliphatic heterocycles. The number of methoxy groups -OCH3 is 1. The molecule has 0 bridgehead atoms. The van der Waals surface area contributed by atoms with Gasteiger partial charge in [0.15, 0.2) is 5.54 Å². The van der Waals surface area contributed by atoms with Crippen LogP contribution in [0.4, 0.5) is 4.79 Å². The highest BCUT2D eigenvalue weighted by Gasteiger charge is 2.49. The first-order valence-corrected chi connectivity index (χ1v) is 5.99. The van der Waals surface area contributed by atoms with E-state index in [9.17, 15) is 9.59 Å². The van der Waals surface area contributed by atoms with E-state index in [0.717, 1.165) is 6.42 Å². The summed E-state index contributed by atoms with van der Waals surface area (Å²) in [5.41, 5.74) is -1.68. The van der Waals surface area contributed by atoms with Crippen molar-refractivity contribution in [3.63, 3.8) is 0 Å². The summed E-state index contributed by atoms with van der Waals surface area (Å²) in [4.78, 5) is 25.4. The molecule has 0 saturated carbocycles. The van der Waals surface area contributed by atoms with Gasteiger partial charge in [-0.3, -0.25) is 4.90 Å². The van der Waals surface area contributed by atoms with Crippen molar-refractivity contribution in [1.82, 2.24) is 4.90 Å². The van der Waals surface area contributed by atoms with Gasteiger partial charge in [-0.05, 0) is 33.6 Å². The van der Waals surface area contributed by atoms with E-state index < -0.39 is 23.2 Å². The Kier molecular flexibility index (Phi) is 4.04. The van der Waals surface area contributed by atoms with Crippen LogP contribution in [0.2, 0.25) is 0 Å². The third kappa shape index (κ3) is 2.66. The maximum atomic E-state index is 12.1. The van der Waals surface area contributed by atoms with Crippen molar-refractivity contribution in [2.75, 3.05) is 13.7 Å². The zero-order valence-electron chi connectivity index (χ0n) is 11.5. The fourth-order valence-electron chi connectivity index (χ4n) is 2.10. The molecule has 5 nitrogen and oxygen atoms in total. The molecule has 1 amide bonds. The largest absolute Gasteiger partial charge is 0.467 e. The Morgan fingerprint density at radius 3 is 2.44 bits per heavy atom. The molecule has 18 heavy (non-hydrogen) atoms. The molecule has 0 aromatic rings. The molecule has 0 aliphatic carbocycles. The first kappa shape index (κ1) is 14.5. The number of hydrogen-bond acceptors (Lipinski definition) is 4. The molecule has 1 saturated heterocycles. The van der Waals surface area contributed by atoms with E-state index in [1.807, 2.05) is 0 Å². The summed E-state index contributed by atoms with van der Waals surface area (Å²) in [6.07, 6.45) is 2.20. The molecule has 5 heteroatoms. The summed E-state index contributed by atoms with van der Waals surface area (Å²) in [7, 11) is 1.30. The molecule has 1 unspecified atom stereocenters. The van der Waals surface area contributed by atoms with Crippen LogP contribution >= 0.6 is 0 Å². The molecular weight excluding hydrogens is 234 g/mol. The maximum absolute atomic E-state index is 12.1. The molecule has 1 heterocycles. The van der Waals surface area contributed by atoms with Crippen molar-refractivity contribution in [2.45, 2.75) is 44.8 Å². The number of rotatable bonds is 2. The van der Waals surface area contributed by atoms with Gasteiger partial charge in [-0.1, -0.05) is 6.08 Å². The van der Waals surface area contributed by atoms with Gasteiger partial charge in [-0.2, -0.15) is 0 Å². The highest BCUT2D eigenvalue weighted by Crippen LogP contribution is 2.33. The van der Waals surface area contributed by atoms with Gasteiger partial charge in [0.1, 0.15) is 5.60 Å². The van der Waals surface area contributed by atoms with E-state index in [2.05, 4.69) is 6.58 Å². The molecule has 0 N–H and O–H groups in total. The Morgan fingerprint density at radius 2 is 2.00 bits per heavy atom. The Labute approximate surface area is 108 Å². The van der Waals surface area contributed by atoms with Crippen LogP contribution < -0.4 is 0 Å². The van der Waals surface area contributed by atoms with E-state index >= 15 is 0 Å². The van der Waals surface area contributed by atoms with Crippen LogP contribution in [0.1, 0.15) is 33.6 Å². The van der Waals surface area contributed by atoms with Crippen LogP contribution in [0, 0.1) is 0 Å². The highest BCUT2D eigenvalue weighted by atomic mass is 16.6. The van der Waals surface area contributed by atoms with Crippen molar-refractivity contribution in [3.05, 3.63) is 12.7 Å². The molecular formula is C13H21NO4. The van der Waals surface area contributed by atoms with E-state index in [0.29, 0.717) is 13.0 Å². The van der Waals surface area contributed by atoms with E-state index in [-0.39, 0.29) is 0 Å². The average molecular weight is 255 g/mol. The summed E-state index contributed by atoms with van der Waals surface area (Å²) < 4.78 is 10.1. The molecule has 1 aliphatic rings. The topological polar surface area (TPSA) is 55.8 Å². The summed E-state index contributed by atoms with van der Waals surface area (Å²) in [6, 6.07) is 0. The summed E-state index contributed by atoms with van der Waals surface area (Å²) in [5, 5.41) is 0. The van der Waals surface area contributed by atoms with Gasteiger partial charge < -0.3 is 9.47 Å². The Balaban J connectivity index is 2.96. The smallest absolute Gasteiger partial charge is 0.411 e. The number of amides is 1. The Hall–Kier alpha value is -1.52. The molecule has 0 aromatic carbocycles.